The molecule has 1 amide bonds. The first-order chi connectivity index (χ1) is 14.0. The van der Waals surface area contributed by atoms with Gasteiger partial charge in [-0.2, -0.15) is 0 Å². The quantitative estimate of drug-likeness (QED) is 0.456. The largest absolute Gasteiger partial charge is 0.494 e. The van der Waals surface area contributed by atoms with E-state index in [2.05, 4.69) is 34.3 Å². The van der Waals surface area contributed by atoms with Crippen molar-refractivity contribution in [1.29, 1.82) is 0 Å². The van der Waals surface area contributed by atoms with Gasteiger partial charge in [-0.05, 0) is 49.9 Å². The van der Waals surface area contributed by atoms with Crippen molar-refractivity contribution < 1.29 is 14.6 Å². The number of nitrogens with two attached hydrogens (primary N) is 1. The van der Waals surface area contributed by atoms with Gasteiger partial charge in [0.25, 0.3) is 0 Å². The molecule has 7 nitrogen and oxygen atoms in total. The Bertz CT molecular complexity index is 949. The Morgan fingerprint density at radius 1 is 1.17 bits per heavy atom. The van der Waals surface area contributed by atoms with Gasteiger partial charge in [0, 0.05) is 11.4 Å². The average Bonchev–Trinajstić information content (AvgIpc) is 2.74. The predicted molar refractivity (Wildman–Crippen MR) is 113 cm³/mol. The number of ether oxygens (including phenoxy) is 1. The third-order valence-electron chi connectivity index (χ3n) is 4.73. The fraction of sp³-hybridized carbons (Fsp3) is 0.318. The number of nitrogens with one attached hydrogen (secondary N) is 1. The maximum atomic E-state index is 10.8. The summed E-state index contributed by atoms with van der Waals surface area (Å²) in [5.41, 5.74) is 7.05. The smallest absolute Gasteiger partial charge is 0.246 e. The maximum Gasteiger partial charge on any atom is 0.246 e. The van der Waals surface area contributed by atoms with Crippen molar-refractivity contribution in [3.8, 4) is 5.75 Å². The Labute approximate surface area is 169 Å². The Kier molecular flexibility index (Phi) is 6.97. The van der Waals surface area contributed by atoms with Crippen molar-refractivity contribution in [1.82, 2.24) is 9.97 Å². The summed E-state index contributed by atoms with van der Waals surface area (Å²) in [6, 6.07) is 16.0. The summed E-state index contributed by atoms with van der Waals surface area (Å²) in [4.78, 5) is 19.6. The molecule has 0 bridgehead atoms. The Morgan fingerprint density at radius 2 is 1.97 bits per heavy atom. The summed E-state index contributed by atoms with van der Waals surface area (Å²) in [7, 11) is 0. The number of carbonyl (C=O) groups is 1. The molecule has 3 aromatic rings. The van der Waals surface area contributed by atoms with Crippen LogP contribution in [0, 0.1) is 0 Å². The van der Waals surface area contributed by atoms with Crippen molar-refractivity contribution in [2.24, 2.45) is 5.73 Å². The molecular formula is C22H26N4O3. The van der Waals surface area contributed by atoms with Crippen LogP contribution in [0.5, 0.6) is 5.75 Å². The molecule has 2 aromatic carbocycles. The molecule has 0 spiro atoms. The van der Waals surface area contributed by atoms with Crippen LogP contribution in [0.3, 0.4) is 0 Å². The predicted octanol–water partition coefficient (Wildman–Crippen LogP) is 3.20. The van der Waals surface area contributed by atoms with Crippen LogP contribution in [0.2, 0.25) is 0 Å². The molecular weight excluding hydrogens is 368 g/mol. The lowest BCUT2D eigenvalue weighted by atomic mass is 10.1. The number of aliphatic hydroxyl groups is 1. The lowest BCUT2D eigenvalue weighted by Gasteiger charge is -2.16. The molecule has 1 aromatic heterocycles. The number of amides is 1. The van der Waals surface area contributed by atoms with Gasteiger partial charge in [0.1, 0.15) is 24.0 Å². The molecule has 0 aliphatic rings. The molecule has 7 heteroatoms. The fourth-order valence-electron chi connectivity index (χ4n) is 3.04. The number of primary amides is 1. The number of anilines is 1. The molecule has 0 aliphatic heterocycles. The zero-order valence-electron chi connectivity index (χ0n) is 16.4. The second-order valence-electron chi connectivity index (χ2n) is 6.94. The van der Waals surface area contributed by atoms with Gasteiger partial charge in [0.2, 0.25) is 5.91 Å². The number of rotatable bonds is 10. The summed E-state index contributed by atoms with van der Waals surface area (Å²) in [6.07, 6.45) is 2.17. The van der Waals surface area contributed by atoms with E-state index in [-0.39, 0.29) is 6.04 Å². The van der Waals surface area contributed by atoms with Crippen LogP contribution < -0.4 is 15.8 Å². The van der Waals surface area contributed by atoms with E-state index in [0.717, 1.165) is 22.5 Å². The number of aliphatic hydroxyl groups excluding tert-OH is 1. The highest BCUT2D eigenvalue weighted by Gasteiger charge is 2.11. The number of benzene rings is 2. The van der Waals surface area contributed by atoms with Gasteiger partial charge in [0.05, 0.1) is 12.1 Å². The van der Waals surface area contributed by atoms with Crippen LogP contribution in [0.25, 0.3) is 10.9 Å². The Balaban J connectivity index is 1.64. The van der Waals surface area contributed by atoms with Crippen LogP contribution in [-0.4, -0.2) is 33.7 Å². The van der Waals surface area contributed by atoms with Gasteiger partial charge >= 0.3 is 0 Å². The number of unbranched alkanes of at least 4 members (excludes halogenated alkanes) is 1. The molecule has 3 rings (SSSR count). The van der Waals surface area contributed by atoms with Crippen molar-refractivity contribution in [3.05, 3.63) is 60.4 Å². The fourth-order valence-corrected chi connectivity index (χ4v) is 3.04. The van der Waals surface area contributed by atoms with Gasteiger partial charge in [-0.25, -0.2) is 9.97 Å². The molecule has 0 saturated heterocycles. The molecule has 1 heterocycles. The zero-order valence-corrected chi connectivity index (χ0v) is 16.4. The minimum absolute atomic E-state index is 0.0931. The number of hydrogen-bond acceptors (Lipinski definition) is 6. The zero-order chi connectivity index (χ0) is 20.6. The van der Waals surface area contributed by atoms with E-state index in [0.29, 0.717) is 25.9 Å². The van der Waals surface area contributed by atoms with E-state index in [1.54, 1.807) is 6.33 Å². The third kappa shape index (κ3) is 5.65. The summed E-state index contributed by atoms with van der Waals surface area (Å²) in [6.45, 7) is 2.57. The van der Waals surface area contributed by atoms with Crippen LogP contribution in [-0.2, 0) is 4.79 Å². The van der Waals surface area contributed by atoms with Gasteiger partial charge < -0.3 is 20.9 Å². The minimum Gasteiger partial charge on any atom is -0.494 e. The second kappa shape index (κ2) is 9.84. The number of hydrogen-bond donors (Lipinski definition) is 3. The van der Waals surface area contributed by atoms with Crippen molar-refractivity contribution in [2.45, 2.75) is 38.3 Å². The summed E-state index contributed by atoms with van der Waals surface area (Å²) in [5.74, 6) is 0.782. The first kappa shape index (κ1) is 20.5. The average molecular weight is 394 g/mol. The van der Waals surface area contributed by atoms with E-state index in [9.17, 15) is 9.90 Å². The maximum absolute atomic E-state index is 10.8. The van der Waals surface area contributed by atoms with Gasteiger partial charge in [0.15, 0.2) is 0 Å². The van der Waals surface area contributed by atoms with E-state index < -0.39 is 12.0 Å². The van der Waals surface area contributed by atoms with Gasteiger partial charge in [-0.15, -0.1) is 0 Å². The lowest BCUT2D eigenvalue weighted by molar-refractivity contribution is -0.126. The monoisotopic (exact) mass is 394 g/mol. The van der Waals surface area contributed by atoms with Crippen LogP contribution in [0.15, 0.2) is 54.9 Å². The van der Waals surface area contributed by atoms with E-state index >= 15 is 0 Å². The van der Waals surface area contributed by atoms with Crippen LogP contribution in [0.1, 0.15) is 37.8 Å². The summed E-state index contributed by atoms with van der Waals surface area (Å²) < 4.78 is 5.82. The van der Waals surface area contributed by atoms with Gasteiger partial charge in [-0.1, -0.05) is 30.3 Å². The highest BCUT2D eigenvalue weighted by Crippen LogP contribution is 2.27. The number of aromatic nitrogens is 2. The molecule has 4 N–H and O–H groups in total. The highest BCUT2D eigenvalue weighted by molar-refractivity contribution is 5.90. The van der Waals surface area contributed by atoms with Crippen LogP contribution >= 0.6 is 0 Å². The topological polar surface area (TPSA) is 110 Å². The summed E-state index contributed by atoms with van der Waals surface area (Å²) >= 11 is 0. The molecule has 0 saturated carbocycles. The number of carbonyl (C=O) groups excluding carboxylic acids is 1. The minimum atomic E-state index is -1.09. The van der Waals surface area contributed by atoms with Crippen LogP contribution in [0.4, 0.5) is 5.82 Å². The van der Waals surface area contributed by atoms with Gasteiger partial charge in [-0.3, -0.25) is 4.79 Å². The van der Waals surface area contributed by atoms with E-state index in [1.165, 1.54) is 5.56 Å². The third-order valence-corrected chi connectivity index (χ3v) is 4.73. The van der Waals surface area contributed by atoms with E-state index in [1.807, 2.05) is 36.4 Å². The Morgan fingerprint density at radius 3 is 2.72 bits per heavy atom. The van der Waals surface area contributed by atoms with E-state index in [4.69, 9.17) is 10.5 Å². The first-order valence-corrected chi connectivity index (χ1v) is 9.71. The molecule has 0 fully saturated rings. The number of nitrogens with zero attached hydrogens (tertiary/aromatic N) is 2. The van der Waals surface area contributed by atoms with Crippen molar-refractivity contribution in [3.63, 3.8) is 0 Å². The van der Waals surface area contributed by atoms with Crippen molar-refractivity contribution >= 4 is 22.6 Å². The highest BCUT2D eigenvalue weighted by atomic mass is 16.5. The standard InChI is InChI=1S/C22H26N4O3/c1-15(16-7-3-2-4-8-16)26-22-18-13-17(10-11-19(18)24-14-25-22)29-12-6-5-9-20(27)21(23)28/h2-4,7-8,10-11,13-15,20,27H,5-6,9,12H2,1H3,(H2,23,28)(H,24,25,26). The molecule has 2 unspecified atom stereocenters. The molecule has 0 aliphatic carbocycles. The molecule has 2 atom stereocenters. The SMILES string of the molecule is CC(Nc1ncnc2ccc(OCCCCC(O)C(N)=O)cc12)c1ccccc1. The second-order valence-corrected chi connectivity index (χ2v) is 6.94. The molecule has 0 radical (unpaired) electrons. The lowest BCUT2D eigenvalue weighted by Crippen LogP contribution is -2.28. The summed E-state index contributed by atoms with van der Waals surface area (Å²) in [5, 5.41) is 13.7. The molecule has 29 heavy (non-hydrogen) atoms. The van der Waals surface area contributed by atoms with Crippen molar-refractivity contribution in [2.75, 3.05) is 11.9 Å². The number of fused-ring (bicyclic) bond motifs is 1. The molecule has 152 valence electrons. The first-order valence-electron chi connectivity index (χ1n) is 9.71. The Hall–Kier alpha value is -3.19. The normalized spacial score (nSPS) is 13.0.